The standard InChI is InChI=1S/C27H25ClN2O2S/c1-17-5-9-19(10-6-17)23-24(20-11-7-18(2)8-12-20)33-26(29-23)30-25(31)27(3,4)32-22-15-13-21(28)14-16-22/h5-16H,1-4H3,(H,29,30,31). The maximum absolute atomic E-state index is 13.1. The van der Waals surface area contributed by atoms with Gasteiger partial charge in [0.15, 0.2) is 10.7 Å². The van der Waals surface area contributed by atoms with Crippen LogP contribution in [0.5, 0.6) is 5.75 Å². The molecule has 6 heteroatoms. The smallest absolute Gasteiger partial charge is 0.269 e. The van der Waals surface area contributed by atoms with Crippen molar-refractivity contribution >= 4 is 34.0 Å². The van der Waals surface area contributed by atoms with Crippen molar-refractivity contribution < 1.29 is 9.53 Å². The molecule has 0 saturated heterocycles. The van der Waals surface area contributed by atoms with Gasteiger partial charge in [0, 0.05) is 10.6 Å². The first-order valence-electron chi connectivity index (χ1n) is 10.6. The maximum atomic E-state index is 13.1. The number of aromatic nitrogens is 1. The van der Waals surface area contributed by atoms with E-state index in [0.29, 0.717) is 15.9 Å². The van der Waals surface area contributed by atoms with Gasteiger partial charge in [0.25, 0.3) is 5.91 Å². The third-order valence-electron chi connectivity index (χ3n) is 5.22. The molecule has 1 heterocycles. The number of halogens is 1. The first-order valence-corrected chi connectivity index (χ1v) is 11.8. The lowest BCUT2D eigenvalue weighted by atomic mass is 10.0. The molecule has 4 rings (SSSR count). The highest BCUT2D eigenvalue weighted by Crippen LogP contribution is 2.39. The lowest BCUT2D eigenvalue weighted by Crippen LogP contribution is -2.42. The second-order valence-electron chi connectivity index (χ2n) is 8.45. The summed E-state index contributed by atoms with van der Waals surface area (Å²) in [5, 5.41) is 4.09. The number of carbonyl (C=O) groups excluding carboxylic acids is 1. The predicted octanol–water partition coefficient (Wildman–Crippen LogP) is 7.54. The number of rotatable bonds is 6. The molecule has 1 N–H and O–H groups in total. The van der Waals surface area contributed by atoms with Crippen LogP contribution in [0.15, 0.2) is 72.8 Å². The quantitative estimate of drug-likeness (QED) is 0.312. The number of ether oxygens (including phenoxy) is 1. The Morgan fingerprint density at radius 2 is 1.42 bits per heavy atom. The van der Waals surface area contributed by atoms with Gasteiger partial charge >= 0.3 is 0 Å². The van der Waals surface area contributed by atoms with E-state index in [1.807, 2.05) is 0 Å². The van der Waals surface area contributed by atoms with Crippen LogP contribution in [0, 0.1) is 13.8 Å². The largest absolute Gasteiger partial charge is 0.478 e. The topological polar surface area (TPSA) is 51.2 Å². The molecule has 0 unspecified atom stereocenters. The number of aryl methyl sites for hydroxylation is 2. The Bertz CT molecular complexity index is 1200. The molecule has 168 valence electrons. The molecular weight excluding hydrogens is 452 g/mol. The Morgan fingerprint density at radius 3 is 2.00 bits per heavy atom. The van der Waals surface area contributed by atoms with Crippen LogP contribution in [0.4, 0.5) is 5.13 Å². The number of amides is 1. The van der Waals surface area contributed by atoms with Gasteiger partial charge in [0.05, 0.1) is 10.6 Å². The minimum Gasteiger partial charge on any atom is -0.478 e. The molecule has 3 aromatic carbocycles. The zero-order valence-corrected chi connectivity index (χ0v) is 20.6. The summed E-state index contributed by atoms with van der Waals surface area (Å²) in [6.07, 6.45) is 0. The molecule has 0 radical (unpaired) electrons. The number of hydrogen-bond acceptors (Lipinski definition) is 4. The molecule has 0 aliphatic carbocycles. The van der Waals surface area contributed by atoms with Crippen molar-refractivity contribution in [2.24, 2.45) is 0 Å². The normalized spacial score (nSPS) is 11.3. The van der Waals surface area contributed by atoms with Crippen LogP contribution in [0.25, 0.3) is 21.7 Å². The van der Waals surface area contributed by atoms with Gasteiger partial charge in [-0.05, 0) is 57.5 Å². The Kier molecular flexibility index (Phi) is 6.54. The van der Waals surface area contributed by atoms with Crippen molar-refractivity contribution in [2.45, 2.75) is 33.3 Å². The number of benzene rings is 3. The summed E-state index contributed by atoms with van der Waals surface area (Å²) < 4.78 is 5.93. The van der Waals surface area contributed by atoms with Crippen LogP contribution < -0.4 is 10.1 Å². The molecular formula is C27H25ClN2O2S. The van der Waals surface area contributed by atoms with Crippen LogP contribution in [-0.2, 0) is 4.79 Å². The molecule has 4 aromatic rings. The lowest BCUT2D eigenvalue weighted by molar-refractivity contribution is -0.128. The third kappa shape index (κ3) is 5.44. The second-order valence-corrected chi connectivity index (χ2v) is 9.88. The van der Waals surface area contributed by atoms with Gasteiger partial charge in [-0.1, -0.05) is 82.6 Å². The van der Waals surface area contributed by atoms with E-state index in [2.05, 4.69) is 67.7 Å². The number of nitrogens with one attached hydrogen (secondary N) is 1. The summed E-state index contributed by atoms with van der Waals surface area (Å²) in [4.78, 5) is 18.9. The number of hydrogen-bond donors (Lipinski definition) is 1. The summed E-state index contributed by atoms with van der Waals surface area (Å²) in [5.41, 5.74) is 4.18. The van der Waals surface area contributed by atoms with Crippen molar-refractivity contribution in [3.63, 3.8) is 0 Å². The first-order chi connectivity index (χ1) is 15.7. The highest BCUT2D eigenvalue weighted by molar-refractivity contribution is 7.19. The van der Waals surface area contributed by atoms with E-state index in [4.69, 9.17) is 21.3 Å². The van der Waals surface area contributed by atoms with E-state index in [9.17, 15) is 4.79 Å². The molecule has 0 aliphatic heterocycles. The van der Waals surface area contributed by atoms with Crippen LogP contribution in [0.3, 0.4) is 0 Å². The summed E-state index contributed by atoms with van der Waals surface area (Å²) in [6.45, 7) is 7.57. The number of thiazole rings is 1. The Morgan fingerprint density at radius 1 is 0.879 bits per heavy atom. The van der Waals surface area contributed by atoms with Gasteiger partial charge in [-0.15, -0.1) is 0 Å². The molecule has 33 heavy (non-hydrogen) atoms. The summed E-state index contributed by atoms with van der Waals surface area (Å²) >= 11 is 7.40. The van der Waals surface area contributed by atoms with Gasteiger partial charge in [0.1, 0.15) is 5.75 Å². The fourth-order valence-corrected chi connectivity index (χ4v) is 4.39. The highest BCUT2D eigenvalue weighted by atomic mass is 35.5. The maximum Gasteiger partial charge on any atom is 0.269 e. The summed E-state index contributed by atoms with van der Waals surface area (Å²) in [6, 6.07) is 23.5. The van der Waals surface area contributed by atoms with Crippen LogP contribution in [0.1, 0.15) is 25.0 Å². The van der Waals surface area contributed by atoms with E-state index in [1.54, 1.807) is 38.1 Å². The van der Waals surface area contributed by atoms with E-state index < -0.39 is 5.60 Å². The monoisotopic (exact) mass is 476 g/mol. The van der Waals surface area contributed by atoms with E-state index in [1.165, 1.54) is 22.5 Å². The van der Waals surface area contributed by atoms with Crippen LogP contribution >= 0.6 is 22.9 Å². The van der Waals surface area contributed by atoms with Crippen molar-refractivity contribution in [3.8, 4) is 27.4 Å². The Hall–Kier alpha value is -3.15. The van der Waals surface area contributed by atoms with Crippen molar-refractivity contribution in [1.82, 2.24) is 4.98 Å². The van der Waals surface area contributed by atoms with Gasteiger partial charge in [-0.3, -0.25) is 10.1 Å². The SMILES string of the molecule is Cc1ccc(-c2nc(NC(=O)C(C)(C)Oc3ccc(Cl)cc3)sc2-c2ccc(C)cc2)cc1. The van der Waals surface area contributed by atoms with Gasteiger partial charge < -0.3 is 4.74 Å². The molecule has 0 saturated carbocycles. The molecule has 1 amide bonds. The highest BCUT2D eigenvalue weighted by Gasteiger charge is 2.31. The molecule has 0 atom stereocenters. The average Bonchev–Trinajstić information content (AvgIpc) is 3.20. The lowest BCUT2D eigenvalue weighted by Gasteiger charge is -2.24. The predicted molar refractivity (Wildman–Crippen MR) is 137 cm³/mol. The van der Waals surface area contributed by atoms with E-state index in [0.717, 1.165) is 21.7 Å². The molecule has 0 bridgehead atoms. The number of carbonyl (C=O) groups is 1. The van der Waals surface area contributed by atoms with Gasteiger partial charge in [-0.2, -0.15) is 0 Å². The zero-order valence-electron chi connectivity index (χ0n) is 19.0. The molecule has 1 aromatic heterocycles. The molecule has 0 aliphatic rings. The zero-order chi connectivity index (χ0) is 23.6. The first kappa shape index (κ1) is 23.0. The van der Waals surface area contributed by atoms with Gasteiger partial charge in [-0.25, -0.2) is 4.98 Å². The fraction of sp³-hybridized carbons (Fsp3) is 0.185. The molecule has 4 nitrogen and oxygen atoms in total. The summed E-state index contributed by atoms with van der Waals surface area (Å²) in [7, 11) is 0. The molecule has 0 fully saturated rings. The average molecular weight is 477 g/mol. The number of anilines is 1. The van der Waals surface area contributed by atoms with E-state index in [-0.39, 0.29) is 5.91 Å². The second kappa shape index (κ2) is 9.38. The van der Waals surface area contributed by atoms with Crippen LogP contribution in [-0.4, -0.2) is 16.5 Å². The fourth-order valence-electron chi connectivity index (χ4n) is 3.27. The Labute approximate surface area is 203 Å². The number of nitrogens with zero attached hydrogens (tertiary/aromatic N) is 1. The van der Waals surface area contributed by atoms with Crippen LogP contribution in [0.2, 0.25) is 5.02 Å². The molecule has 0 spiro atoms. The van der Waals surface area contributed by atoms with Gasteiger partial charge in [0.2, 0.25) is 0 Å². The van der Waals surface area contributed by atoms with Crippen molar-refractivity contribution in [2.75, 3.05) is 5.32 Å². The summed E-state index contributed by atoms with van der Waals surface area (Å²) in [5.74, 6) is 0.288. The third-order valence-corrected chi connectivity index (χ3v) is 6.49. The van der Waals surface area contributed by atoms with Crippen molar-refractivity contribution in [1.29, 1.82) is 0 Å². The van der Waals surface area contributed by atoms with E-state index >= 15 is 0 Å². The minimum atomic E-state index is -1.10. The Balaban J connectivity index is 1.64. The minimum absolute atomic E-state index is 0.280. The van der Waals surface area contributed by atoms with Crippen molar-refractivity contribution in [3.05, 3.63) is 88.9 Å².